The van der Waals surface area contributed by atoms with Gasteiger partial charge in [-0.25, -0.2) is 0 Å². The maximum absolute atomic E-state index is 2.72. The van der Waals surface area contributed by atoms with Crippen LogP contribution < -0.4 is 3.53 Å². The summed E-state index contributed by atoms with van der Waals surface area (Å²) in [5.74, 6) is 0. The zero-order valence-electron chi connectivity index (χ0n) is 5.79. The molecule has 0 atom stereocenters. The van der Waals surface area contributed by atoms with Crippen molar-refractivity contribution in [3.05, 3.63) is 0 Å². The van der Waals surface area contributed by atoms with Gasteiger partial charge in [-0.2, -0.15) is 0 Å². The van der Waals surface area contributed by atoms with Crippen LogP contribution >= 0.6 is 22.9 Å². The summed E-state index contributed by atoms with van der Waals surface area (Å²) in [4.78, 5) is 0. The molecule has 0 aromatic carbocycles. The molecule has 0 amide bonds. The molecule has 0 aliphatic carbocycles. The van der Waals surface area contributed by atoms with E-state index >= 15 is 0 Å². The summed E-state index contributed by atoms with van der Waals surface area (Å²) in [5, 5.41) is 0. The minimum Gasteiger partial charge on any atom is 0 e. The van der Waals surface area contributed by atoms with Gasteiger partial charge in [0.05, 0.1) is 0 Å². The Kier molecular flexibility index (Phi) is 88.7. The van der Waals surface area contributed by atoms with Gasteiger partial charge >= 0.3 is 65.0 Å². The molecule has 0 saturated heterocycles. The summed E-state index contributed by atoms with van der Waals surface area (Å²) in [6.07, 6.45) is 0. The summed E-state index contributed by atoms with van der Waals surface area (Å²) in [6, 6.07) is 0. The average molecular weight is 456 g/mol. The zero-order valence-corrected chi connectivity index (χ0v) is 15.2. The minimum absolute atomic E-state index is 0. The van der Waals surface area contributed by atoms with Gasteiger partial charge in [-0.15, -0.1) is 0 Å². The topological polar surface area (TPSA) is 12.0 Å². The van der Waals surface area contributed by atoms with Crippen LogP contribution in [0.3, 0.4) is 0 Å². The molecule has 0 spiro atoms. The van der Waals surface area contributed by atoms with E-state index in [0.29, 0.717) is 0 Å². The zero-order chi connectivity index (χ0) is 2.71. The third-order valence-electron chi connectivity index (χ3n) is 0. The predicted molar refractivity (Wildman–Crippen MR) is 39.6 cm³/mol. The first-order valence-electron chi connectivity index (χ1n) is 0.689. The molecule has 5 heteroatoms. The quantitative estimate of drug-likeness (QED) is 0.294. The Morgan fingerprint density at radius 3 is 1.67 bits per heavy atom. The fourth-order valence-corrected chi connectivity index (χ4v) is 0. The summed E-state index contributed by atoms with van der Waals surface area (Å²) in [5.41, 5.74) is 0. The van der Waals surface area contributed by atoms with Crippen molar-refractivity contribution in [2.45, 2.75) is 0 Å². The van der Waals surface area contributed by atoms with Gasteiger partial charge in [-0.1, -0.05) is 0 Å². The number of halogens is 1. The van der Waals surface area contributed by atoms with Crippen LogP contribution in [0.15, 0.2) is 0 Å². The van der Waals surface area contributed by atoms with Gasteiger partial charge in [0.25, 0.3) is 0 Å². The van der Waals surface area contributed by atoms with Crippen LogP contribution in [0.25, 0.3) is 0 Å². The summed E-state index contributed by atoms with van der Waals surface area (Å²) < 4.78 is 2.72. The summed E-state index contributed by atoms with van der Waals surface area (Å²) in [6.45, 7) is 0. The minimum atomic E-state index is 0. The molecule has 1 nitrogen and oxygen atoms in total. The van der Waals surface area contributed by atoms with E-state index in [1.165, 1.54) is 0 Å². The molecule has 0 aliphatic rings. The second kappa shape index (κ2) is 23.5. The van der Waals surface area contributed by atoms with Crippen molar-refractivity contribution in [2.24, 2.45) is 0 Å². The van der Waals surface area contributed by atoms with Crippen LogP contribution in [0.5, 0.6) is 0 Å². The van der Waals surface area contributed by atoms with Crippen molar-refractivity contribution < 1.29 is 24.6 Å². The first-order chi connectivity index (χ1) is 1.41. The van der Waals surface area contributed by atoms with Crippen LogP contribution in [0, 0.1) is 0 Å². The molecular weight excluding hydrogens is 448 g/mol. The van der Waals surface area contributed by atoms with E-state index in [0.717, 1.165) is 0 Å². The number of rotatable bonds is 0. The van der Waals surface area contributed by atoms with E-state index in [4.69, 9.17) is 0 Å². The van der Waals surface area contributed by atoms with E-state index in [1.54, 1.807) is 0 Å². The van der Waals surface area contributed by atoms with Crippen LogP contribution in [0.4, 0.5) is 0 Å². The van der Waals surface area contributed by atoms with Gasteiger partial charge in [-0.3, -0.25) is 3.53 Å². The van der Waals surface area contributed by atoms with Gasteiger partial charge < -0.3 is 2.85 Å². The standard InChI is InChI=1S/CH4IN.Ca.Pb.Ti.4H/c1-3-2;;;;;;;/h3H,1H3;;;;;;;/q;+2;;;;;2*-1. The molecule has 0 rings (SSSR count). The van der Waals surface area contributed by atoms with Crippen LogP contribution in [-0.4, -0.2) is 72.1 Å². The van der Waals surface area contributed by atoms with E-state index in [9.17, 15) is 0 Å². The Labute approximate surface area is 120 Å². The molecule has 0 aliphatic heterocycles. The molecular formula is CH8CaINPbTi. The van der Waals surface area contributed by atoms with Gasteiger partial charge in [0.1, 0.15) is 0 Å². The fourth-order valence-electron chi connectivity index (χ4n) is 0. The molecule has 0 unspecified atom stereocenters. The Morgan fingerprint density at radius 1 is 1.67 bits per heavy atom. The van der Waals surface area contributed by atoms with Crippen LogP contribution in [0.1, 0.15) is 2.85 Å². The van der Waals surface area contributed by atoms with E-state index < -0.39 is 0 Å². The fraction of sp³-hybridized carbons (Fsp3) is 1.00. The molecule has 0 bridgehead atoms. The Hall–Kier alpha value is 3.59. The van der Waals surface area contributed by atoms with Crippen molar-refractivity contribution in [3.8, 4) is 0 Å². The molecule has 34 valence electrons. The Balaban J connectivity index is -0.00000000200. The summed E-state index contributed by atoms with van der Waals surface area (Å²) >= 11 is 2.04. The van der Waals surface area contributed by atoms with Crippen molar-refractivity contribution >= 4 is 87.9 Å². The average Bonchev–Trinajstić information content (AvgIpc) is 0.918. The number of nitrogens with one attached hydrogen (secondary N) is 1. The Morgan fingerprint density at radius 2 is 1.67 bits per heavy atom. The second-order valence-electron chi connectivity index (χ2n) is 0.189. The van der Waals surface area contributed by atoms with Crippen molar-refractivity contribution in [3.63, 3.8) is 0 Å². The number of hydrogen-bond donors (Lipinski definition) is 1. The summed E-state index contributed by atoms with van der Waals surface area (Å²) in [7, 11) is 1.86. The molecule has 0 saturated carbocycles. The molecule has 0 aromatic rings. The van der Waals surface area contributed by atoms with Crippen molar-refractivity contribution in [1.82, 2.24) is 3.53 Å². The van der Waals surface area contributed by atoms with Gasteiger partial charge in [0.2, 0.25) is 0 Å². The second-order valence-corrected chi connectivity index (χ2v) is 1.27. The molecule has 2 radical (unpaired) electrons. The third kappa shape index (κ3) is 25.6. The maximum atomic E-state index is 2.72. The number of hydrogen-bond acceptors (Lipinski definition) is 1. The van der Waals surface area contributed by atoms with Crippen molar-refractivity contribution in [1.29, 1.82) is 0 Å². The molecule has 0 aromatic heterocycles. The molecule has 0 heterocycles. The monoisotopic (exact) mass is 457 g/mol. The van der Waals surface area contributed by atoms with E-state index in [1.807, 2.05) is 29.9 Å². The van der Waals surface area contributed by atoms with E-state index in [2.05, 4.69) is 3.53 Å². The maximum Gasteiger partial charge on any atom is 0 e. The predicted octanol–water partition coefficient (Wildman–Crippen LogP) is -0.519. The van der Waals surface area contributed by atoms with Crippen LogP contribution in [0.2, 0.25) is 0 Å². The van der Waals surface area contributed by atoms with E-state index in [-0.39, 0.29) is 89.6 Å². The van der Waals surface area contributed by atoms with Gasteiger partial charge in [0.15, 0.2) is 0 Å². The Bertz CT molecular complexity index is 22.0. The normalized spacial score (nSPS) is 3.00. The van der Waals surface area contributed by atoms with Gasteiger partial charge in [-0.05, 0) is 7.05 Å². The first-order valence-corrected chi connectivity index (χ1v) is 1.77. The molecule has 1 N–H and O–H groups in total. The molecule has 6 heavy (non-hydrogen) atoms. The third-order valence-corrected chi connectivity index (χ3v) is 0. The molecule has 0 fully saturated rings. The smallest absolute Gasteiger partial charge is 0 e. The van der Waals surface area contributed by atoms with Crippen molar-refractivity contribution in [2.75, 3.05) is 7.05 Å². The first kappa shape index (κ1) is 22.6. The van der Waals surface area contributed by atoms with Crippen LogP contribution in [-0.2, 0) is 21.7 Å². The van der Waals surface area contributed by atoms with Gasteiger partial charge in [0, 0.05) is 44.6 Å². The SMILES string of the molecule is CNI.[Ca+2].[H-].[H-].[PbH2].[Ti]. The largest absolute Gasteiger partial charge is 0 e.